The molecule has 0 aliphatic carbocycles. The van der Waals surface area contributed by atoms with E-state index >= 15 is 0 Å². The van der Waals surface area contributed by atoms with Crippen molar-refractivity contribution in [3.63, 3.8) is 0 Å². The summed E-state index contributed by atoms with van der Waals surface area (Å²) in [6.45, 7) is 7.10. The molecule has 1 aromatic rings. The summed E-state index contributed by atoms with van der Waals surface area (Å²) >= 11 is 1.52. The first kappa shape index (κ1) is 14.1. The van der Waals surface area contributed by atoms with Gasteiger partial charge in [0.15, 0.2) is 5.16 Å². The van der Waals surface area contributed by atoms with E-state index < -0.39 is 0 Å². The van der Waals surface area contributed by atoms with Crippen LogP contribution in [0.15, 0.2) is 11.2 Å². The lowest BCUT2D eigenvalue weighted by molar-refractivity contribution is 0.200. The van der Waals surface area contributed by atoms with Crippen LogP contribution >= 0.6 is 11.8 Å². The molecule has 1 heterocycles. The quantitative estimate of drug-likeness (QED) is 0.599. The molecule has 0 radical (unpaired) electrons. The monoisotopic (exact) mass is 255 g/mol. The Hall–Kier alpha value is -0.970. The lowest BCUT2D eigenvalue weighted by Crippen LogP contribution is -2.13. The topological polar surface area (TPSA) is 47.0 Å². The van der Waals surface area contributed by atoms with Crippen LogP contribution in [0, 0.1) is 0 Å². The number of nitrogens with zero attached hydrogens (tertiary/aromatic N) is 2. The molecule has 1 unspecified atom stereocenters. The van der Waals surface area contributed by atoms with Crippen molar-refractivity contribution in [3.05, 3.63) is 6.07 Å². The molecular weight excluding hydrogens is 234 g/mol. The van der Waals surface area contributed by atoms with E-state index in [0.29, 0.717) is 5.88 Å². The number of hydrogen-bond acceptors (Lipinski definition) is 5. The van der Waals surface area contributed by atoms with Gasteiger partial charge in [0.2, 0.25) is 5.88 Å². The van der Waals surface area contributed by atoms with Gasteiger partial charge in [0.25, 0.3) is 0 Å². The van der Waals surface area contributed by atoms with Crippen molar-refractivity contribution in [3.8, 4) is 5.88 Å². The van der Waals surface area contributed by atoms with Gasteiger partial charge in [0.1, 0.15) is 5.82 Å². The molecule has 0 bridgehead atoms. The Bertz CT molecular complexity index is 347. The van der Waals surface area contributed by atoms with Crippen molar-refractivity contribution in [1.29, 1.82) is 0 Å². The first-order valence-corrected chi connectivity index (χ1v) is 7.25. The van der Waals surface area contributed by atoms with Crippen LogP contribution in [0.2, 0.25) is 0 Å². The average Bonchev–Trinajstić information content (AvgIpc) is 2.29. The Morgan fingerprint density at radius 1 is 1.41 bits per heavy atom. The Labute approximate surface area is 108 Å². The van der Waals surface area contributed by atoms with Crippen molar-refractivity contribution in [2.24, 2.45) is 0 Å². The second-order valence-corrected chi connectivity index (χ2v) is 4.60. The van der Waals surface area contributed by atoms with Gasteiger partial charge in [-0.1, -0.05) is 25.1 Å². The van der Waals surface area contributed by atoms with Gasteiger partial charge in [0, 0.05) is 12.6 Å². The molecule has 4 nitrogen and oxygen atoms in total. The molecule has 5 heteroatoms. The number of ether oxygens (including phenoxy) is 1. The summed E-state index contributed by atoms with van der Waals surface area (Å²) in [6.07, 6.45) is 4.31. The van der Waals surface area contributed by atoms with E-state index in [-0.39, 0.29) is 6.10 Å². The molecule has 0 amide bonds. The van der Waals surface area contributed by atoms with Crippen LogP contribution in [0.1, 0.15) is 33.6 Å². The van der Waals surface area contributed by atoms with Gasteiger partial charge in [-0.2, -0.15) is 4.98 Å². The van der Waals surface area contributed by atoms with Crippen LogP contribution in [-0.4, -0.2) is 28.9 Å². The van der Waals surface area contributed by atoms with Gasteiger partial charge in [-0.3, -0.25) is 0 Å². The van der Waals surface area contributed by atoms with Crippen LogP contribution in [-0.2, 0) is 0 Å². The predicted octanol–water partition coefficient (Wildman–Crippen LogP) is 3.20. The van der Waals surface area contributed by atoms with Crippen molar-refractivity contribution in [2.75, 3.05) is 18.1 Å². The summed E-state index contributed by atoms with van der Waals surface area (Å²) in [5.74, 6) is 1.48. The molecule has 0 aliphatic rings. The van der Waals surface area contributed by atoms with Crippen LogP contribution in [0.5, 0.6) is 5.88 Å². The second kappa shape index (κ2) is 7.37. The average molecular weight is 255 g/mol. The third-order valence-corrected chi connectivity index (χ3v) is 2.79. The Morgan fingerprint density at radius 3 is 2.76 bits per heavy atom. The predicted molar refractivity (Wildman–Crippen MR) is 73.0 cm³/mol. The van der Waals surface area contributed by atoms with Gasteiger partial charge < -0.3 is 10.1 Å². The van der Waals surface area contributed by atoms with E-state index in [2.05, 4.69) is 29.1 Å². The molecule has 0 saturated carbocycles. The number of anilines is 1. The van der Waals surface area contributed by atoms with Crippen LogP contribution in [0.4, 0.5) is 5.82 Å². The molecule has 17 heavy (non-hydrogen) atoms. The minimum Gasteiger partial charge on any atom is -0.474 e. The molecule has 0 spiro atoms. The smallest absolute Gasteiger partial charge is 0.219 e. The standard InChI is InChI=1S/C12H21N3OS/c1-5-7-9(3)16-11-8-10(13-6-2)14-12(15-11)17-4/h8-9H,5-7H2,1-4H3,(H,13,14,15). The molecule has 0 aliphatic heterocycles. The van der Waals surface area contributed by atoms with E-state index in [0.717, 1.165) is 30.4 Å². The summed E-state index contributed by atoms with van der Waals surface area (Å²) in [7, 11) is 0. The number of rotatable bonds is 7. The Kier molecular flexibility index (Phi) is 6.11. The number of nitrogens with one attached hydrogen (secondary N) is 1. The van der Waals surface area contributed by atoms with E-state index in [1.807, 2.05) is 19.2 Å². The van der Waals surface area contributed by atoms with Crippen molar-refractivity contribution in [2.45, 2.75) is 44.9 Å². The molecule has 1 aromatic heterocycles. The lowest BCUT2D eigenvalue weighted by Gasteiger charge is -2.14. The van der Waals surface area contributed by atoms with E-state index in [1.165, 1.54) is 11.8 Å². The number of hydrogen-bond donors (Lipinski definition) is 1. The SMILES string of the molecule is CCCC(C)Oc1cc(NCC)nc(SC)n1. The molecule has 1 rings (SSSR count). The maximum atomic E-state index is 5.78. The first-order chi connectivity index (χ1) is 8.19. The highest BCUT2D eigenvalue weighted by molar-refractivity contribution is 7.98. The number of aromatic nitrogens is 2. The van der Waals surface area contributed by atoms with Gasteiger partial charge >= 0.3 is 0 Å². The van der Waals surface area contributed by atoms with E-state index in [9.17, 15) is 0 Å². The summed E-state index contributed by atoms with van der Waals surface area (Å²) in [6, 6.07) is 1.86. The first-order valence-electron chi connectivity index (χ1n) is 6.03. The van der Waals surface area contributed by atoms with Crippen LogP contribution in [0.3, 0.4) is 0 Å². The van der Waals surface area contributed by atoms with Crippen molar-refractivity contribution >= 4 is 17.6 Å². The minimum atomic E-state index is 0.194. The fraction of sp³-hybridized carbons (Fsp3) is 0.667. The van der Waals surface area contributed by atoms with Crippen LogP contribution in [0.25, 0.3) is 0 Å². The van der Waals surface area contributed by atoms with Gasteiger partial charge in [-0.15, -0.1) is 0 Å². The van der Waals surface area contributed by atoms with Crippen LogP contribution < -0.4 is 10.1 Å². The summed E-state index contributed by atoms with van der Waals surface area (Å²) in [5, 5.41) is 3.92. The van der Waals surface area contributed by atoms with Crippen molar-refractivity contribution in [1.82, 2.24) is 9.97 Å². The van der Waals surface area contributed by atoms with Gasteiger partial charge in [-0.25, -0.2) is 4.98 Å². The molecule has 0 fully saturated rings. The summed E-state index contributed by atoms with van der Waals surface area (Å²) < 4.78 is 5.78. The minimum absolute atomic E-state index is 0.194. The van der Waals surface area contributed by atoms with Gasteiger partial charge in [0.05, 0.1) is 6.10 Å². The molecule has 0 saturated heterocycles. The van der Waals surface area contributed by atoms with Gasteiger partial charge in [-0.05, 0) is 26.5 Å². The fourth-order valence-corrected chi connectivity index (χ4v) is 1.87. The van der Waals surface area contributed by atoms with E-state index in [4.69, 9.17) is 4.74 Å². The molecule has 1 N–H and O–H groups in total. The highest BCUT2D eigenvalue weighted by atomic mass is 32.2. The summed E-state index contributed by atoms with van der Waals surface area (Å²) in [5.41, 5.74) is 0. The molecule has 1 atom stereocenters. The molecule has 0 aromatic carbocycles. The zero-order chi connectivity index (χ0) is 12.7. The molecule has 96 valence electrons. The zero-order valence-corrected chi connectivity index (χ0v) is 11.8. The largest absolute Gasteiger partial charge is 0.474 e. The Morgan fingerprint density at radius 2 is 2.18 bits per heavy atom. The third kappa shape index (κ3) is 4.81. The maximum absolute atomic E-state index is 5.78. The highest BCUT2D eigenvalue weighted by Crippen LogP contribution is 2.20. The zero-order valence-electron chi connectivity index (χ0n) is 11.0. The second-order valence-electron chi connectivity index (χ2n) is 3.83. The van der Waals surface area contributed by atoms with E-state index in [1.54, 1.807) is 0 Å². The third-order valence-electron chi connectivity index (χ3n) is 2.24. The fourth-order valence-electron chi connectivity index (χ4n) is 1.50. The highest BCUT2D eigenvalue weighted by Gasteiger charge is 2.08. The number of thioether (sulfide) groups is 1. The summed E-state index contributed by atoms with van der Waals surface area (Å²) in [4.78, 5) is 8.70. The van der Waals surface area contributed by atoms with Crippen molar-refractivity contribution < 1.29 is 4.74 Å². The maximum Gasteiger partial charge on any atom is 0.219 e. The normalized spacial score (nSPS) is 12.2. The Balaban J connectivity index is 2.79. The molecular formula is C12H21N3OS. The lowest BCUT2D eigenvalue weighted by atomic mass is 10.2.